The first-order valence-electron chi connectivity index (χ1n) is 12.0. The van der Waals surface area contributed by atoms with Crippen LogP contribution >= 0.6 is 0 Å². The number of nitrogens with one attached hydrogen (secondary N) is 2. The number of aromatic nitrogens is 4. The van der Waals surface area contributed by atoms with Gasteiger partial charge in [-0.15, -0.1) is 0 Å². The van der Waals surface area contributed by atoms with Crippen molar-refractivity contribution in [3.8, 4) is 0 Å². The van der Waals surface area contributed by atoms with Gasteiger partial charge in [-0.25, -0.2) is 15.0 Å². The number of aryl methyl sites for hydroxylation is 1. The molecule has 198 valence electrons. The highest BCUT2D eigenvalue weighted by atomic mass is 19.4. The molecule has 0 bridgehead atoms. The number of alkyl halides is 3. The molecule has 0 spiro atoms. The van der Waals surface area contributed by atoms with Crippen LogP contribution < -0.4 is 10.6 Å². The van der Waals surface area contributed by atoms with Crippen LogP contribution in [0.5, 0.6) is 0 Å². The predicted octanol–water partition coefficient (Wildman–Crippen LogP) is 5.40. The number of imidazole rings is 1. The van der Waals surface area contributed by atoms with E-state index in [1.807, 2.05) is 33.2 Å². The monoisotopic (exact) mass is 523 g/mol. The lowest BCUT2D eigenvalue weighted by molar-refractivity contribution is -0.137. The molecule has 11 heteroatoms. The molecule has 2 aromatic carbocycles. The van der Waals surface area contributed by atoms with Gasteiger partial charge in [-0.05, 0) is 81.5 Å². The number of halogens is 3. The minimum atomic E-state index is -4.52. The largest absolute Gasteiger partial charge is 0.416 e. The van der Waals surface area contributed by atoms with Crippen molar-refractivity contribution in [1.82, 2.24) is 24.4 Å². The molecular formula is C27H28F3N7O. The lowest BCUT2D eigenvalue weighted by atomic mass is 10.1. The number of anilines is 2. The molecular weight excluding hydrogens is 495 g/mol. The summed E-state index contributed by atoms with van der Waals surface area (Å²) in [5.74, 6) is 0.0363. The van der Waals surface area contributed by atoms with E-state index < -0.39 is 17.6 Å². The van der Waals surface area contributed by atoms with Gasteiger partial charge in [0.1, 0.15) is 12.7 Å². The molecule has 0 aliphatic carbocycles. The predicted molar refractivity (Wildman–Crippen MR) is 143 cm³/mol. The molecule has 0 fully saturated rings. The van der Waals surface area contributed by atoms with Crippen LogP contribution in [-0.2, 0) is 6.18 Å². The Kier molecular flexibility index (Phi) is 8.06. The fourth-order valence-corrected chi connectivity index (χ4v) is 3.79. The molecule has 2 N–H and O–H groups in total. The van der Waals surface area contributed by atoms with E-state index in [1.54, 1.807) is 29.2 Å². The number of benzene rings is 2. The Morgan fingerprint density at radius 2 is 1.92 bits per heavy atom. The first-order chi connectivity index (χ1) is 18.1. The van der Waals surface area contributed by atoms with Gasteiger partial charge >= 0.3 is 6.18 Å². The van der Waals surface area contributed by atoms with Gasteiger partial charge in [0.05, 0.1) is 5.56 Å². The minimum Gasteiger partial charge on any atom is -0.368 e. The summed E-state index contributed by atoms with van der Waals surface area (Å²) in [5, 5.41) is 5.98. The van der Waals surface area contributed by atoms with Gasteiger partial charge in [0, 0.05) is 24.0 Å². The molecule has 4 aromatic rings. The summed E-state index contributed by atoms with van der Waals surface area (Å²) in [4.78, 5) is 27.9. The molecule has 0 saturated heterocycles. The fourth-order valence-electron chi connectivity index (χ4n) is 3.79. The number of amides is 1. The van der Waals surface area contributed by atoms with Gasteiger partial charge in [0.2, 0.25) is 0 Å². The Labute approximate surface area is 218 Å². The van der Waals surface area contributed by atoms with Crippen LogP contribution in [0, 0.1) is 6.92 Å². The SMILES string of the molecule is Cc1ccc(NC(=O)c2cccc(C(F)(F)F)c2)cc1C=Cn1cnc2c(NCCCN(C)C)ncnc21. The third-order valence-corrected chi connectivity index (χ3v) is 5.84. The Hall–Kier alpha value is -4.25. The van der Waals surface area contributed by atoms with Crippen LogP contribution in [0.4, 0.5) is 24.7 Å². The summed E-state index contributed by atoms with van der Waals surface area (Å²) >= 11 is 0. The van der Waals surface area contributed by atoms with Gasteiger partial charge < -0.3 is 15.5 Å². The maximum absolute atomic E-state index is 13.0. The van der Waals surface area contributed by atoms with Crippen molar-refractivity contribution < 1.29 is 18.0 Å². The second kappa shape index (κ2) is 11.4. The molecule has 2 heterocycles. The van der Waals surface area contributed by atoms with E-state index >= 15 is 0 Å². The smallest absolute Gasteiger partial charge is 0.368 e. The van der Waals surface area contributed by atoms with Gasteiger partial charge in [-0.1, -0.05) is 12.1 Å². The third-order valence-electron chi connectivity index (χ3n) is 5.84. The summed E-state index contributed by atoms with van der Waals surface area (Å²) in [6.45, 7) is 3.63. The number of carbonyl (C=O) groups is 1. The Bertz CT molecular complexity index is 1460. The van der Waals surface area contributed by atoms with Crippen molar-refractivity contribution in [3.05, 3.63) is 77.4 Å². The number of hydrogen-bond acceptors (Lipinski definition) is 6. The van der Waals surface area contributed by atoms with Crippen molar-refractivity contribution in [3.63, 3.8) is 0 Å². The van der Waals surface area contributed by atoms with Crippen molar-refractivity contribution in [2.45, 2.75) is 19.5 Å². The first-order valence-corrected chi connectivity index (χ1v) is 12.0. The maximum atomic E-state index is 13.0. The minimum absolute atomic E-state index is 0.0758. The van der Waals surface area contributed by atoms with E-state index in [1.165, 1.54) is 18.5 Å². The molecule has 0 saturated carbocycles. The molecule has 4 rings (SSSR count). The normalized spacial score (nSPS) is 12.0. The Balaban J connectivity index is 1.50. The summed E-state index contributed by atoms with van der Waals surface area (Å²) < 4.78 is 40.8. The van der Waals surface area contributed by atoms with Crippen LogP contribution in [0.3, 0.4) is 0 Å². The topological polar surface area (TPSA) is 88.0 Å². The summed E-state index contributed by atoms with van der Waals surface area (Å²) in [6.07, 6.45) is 3.22. The number of carbonyl (C=O) groups excluding carboxylic acids is 1. The second-order valence-electron chi connectivity index (χ2n) is 9.05. The highest BCUT2D eigenvalue weighted by Crippen LogP contribution is 2.30. The van der Waals surface area contributed by atoms with Gasteiger partial charge in [-0.2, -0.15) is 13.2 Å². The molecule has 0 aliphatic rings. The standard InChI is InChI=1S/C27H28F3N7O/c1-18-8-9-22(35-26(38)20-6-4-7-21(14-20)27(28,29)30)15-19(18)10-13-37-17-34-23-24(32-16-33-25(23)37)31-11-5-12-36(2)3/h4,6-10,13-17H,5,11-12H2,1-3H3,(H,35,38)(H,31,32,33). The van der Waals surface area contributed by atoms with E-state index in [-0.39, 0.29) is 5.56 Å². The molecule has 0 unspecified atom stereocenters. The zero-order chi connectivity index (χ0) is 27.3. The molecule has 0 aliphatic heterocycles. The van der Waals surface area contributed by atoms with Gasteiger partial charge in [-0.3, -0.25) is 9.36 Å². The number of rotatable bonds is 9. The third kappa shape index (κ3) is 6.54. The van der Waals surface area contributed by atoms with Crippen LogP contribution in [0.25, 0.3) is 23.4 Å². The van der Waals surface area contributed by atoms with E-state index in [0.717, 1.165) is 42.8 Å². The molecule has 1 amide bonds. The van der Waals surface area contributed by atoms with E-state index in [9.17, 15) is 18.0 Å². The number of nitrogens with zero attached hydrogens (tertiary/aromatic N) is 5. The lowest BCUT2D eigenvalue weighted by Gasteiger charge is -2.11. The summed E-state index contributed by atoms with van der Waals surface area (Å²) in [5.41, 5.74) is 2.55. The second-order valence-corrected chi connectivity index (χ2v) is 9.05. The Morgan fingerprint density at radius 1 is 1.11 bits per heavy atom. The fraction of sp³-hybridized carbons (Fsp3) is 0.259. The van der Waals surface area contributed by atoms with E-state index in [0.29, 0.717) is 22.7 Å². The Morgan fingerprint density at radius 3 is 2.68 bits per heavy atom. The molecule has 0 radical (unpaired) electrons. The number of hydrogen-bond donors (Lipinski definition) is 2. The first kappa shape index (κ1) is 26.8. The van der Waals surface area contributed by atoms with Crippen molar-refractivity contribution in [2.75, 3.05) is 37.8 Å². The number of fused-ring (bicyclic) bond motifs is 1. The zero-order valence-corrected chi connectivity index (χ0v) is 21.3. The van der Waals surface area contributed by atoms with E-state index in [4.69, 9.17) is 0 Å². The molecule has 38 heavy (non-hydrogen) atoms. The van der Waals surface area contributed by atoms with Crippen LogP contribution in [0.15, 0.2) is 55.1 Å². The quantitative estimate of drug-likeness (QED) is 0.286. The molecule has 2 aromatic heterocycles. The van der Waals surface area contributed by atoms with E-state index in [2.05, 4.69) is 30.5 Å². The van der Waals surface area contributed by atoms with Crippen molar-refractivity contribution >= 4 is 40.9 Å². The zero-order valence-electron chi connectivity index (χ0n) is 21.3. The van der Waals surface area contributed by atoms with Crippen LogP contribution in [-0.4, -0.2) is 57.5 Å². The van der Waals surface area contributed by atoms with Crippen LogP contribution in [0.2, 0.25) is 0 Å². The van der Waals surface area contributed by atoms with Crippen LogP contribution in [0.1, 0.15) is 33.5 Å². The maximum Gasteiger partial charge on any atom is 0.416 e. The highest BCUT2D eigenvalue weighted by molar-refractivity contribution is 6.04. The average molecular weight is 524 g/mol. The van der Waals surface area contributed by atoms with Crippen molar-refractivity contribution in [1.29, 1.82) is 0 Å². The lowest BCUT2D eigenvalue weighted by Crippen LogP contribution is -2.16. The van der Waals surface area contributed by atoms with Crippen molar-refractivity contribution in [2.24, 2.45) is 0 Å². The van der Waals surface area contributed by atoms with Gasteiger partial charge in [0.25, 0.3) is 5.91 Å². The summed E-state index contributed by atoms with van der Waals surface area (Å²) in [6, 6.07) is 9.60. The highest BCUT2D eigenvalue weighted by Gasteiger charge is 2.30. The summed E-state index contributed by atoms with van der Waals surface area (Å²) in [7, 11) is 4.05. The molecule has 8 nitrogen and oxygen atoms in total. The van der Waals surface area contributed by atoms with Gasteiger partial charge in [0.15, 0.2) is 17.0 Å². The molecule has 0 atom stereocenters. The average Bonchev–Trinajstić information content (AvgIpc) is 3.30.